The number of aliphatic hydroxyl groups excluding tert-OH is 1. The zero-order chi connectivity index (χ0) is 16.4. The van der Waals surface area contributed by atoms with Crippen LogP contribution >= 0.6 is 11.3 Å². The predicted octanol–water partition coefficient (Wildman–Crippen LogP) is 2.57. The van der Waals surface area contributed by atoms with Crippen LogP contribution in [0.25, 0.3) is 0 Å². The second-order valence-electron chi connectivity index (χ2n) is 6.10. The Balaban J connectivity index is 1.65. The number of likely N-dealkylation sites (tertiary alicyclic amines) is 1. The highest BCUT2D eigenvalue weighted by Gasteiger charge is 2.27. The highest BCUT2D eigenvalue weighted by molar-refractivity contribution is 7.12. The van der Waals surface area contributed by atoms with E-state index in [1.165, 1.54) is 10.6 Å². The fourth-order valence-corrected chi connectivity index (χ4v) is 4.28. The van der Waals surface area contributed by atoms with E-state index >= 15 is 0 Å². The summed E-state index contributed by atoms with van der Waals surface area (Å²) in [4.78, 5) is 16.9. The molecule has 1 fully saturated rings. The number of piperidine rings is 1. The molecule has 0 bridgehead atoms. The van der Waals surface area contributed by atoms with E-state index in [1.807, 2.05) is 35.6 Å². The third-order valence-corrected chi connectivity index (χ3v) is 5.50. The molecule has 1 aliphatic rings. The summed E-state index contributed by atoms with van der Waals surface area (Å²) >= 11 is 1.68. The number of hydrogen-bond acceptors (Lipinski definition) is 4. The van der Waals surface area contributed by atoms with Gasteiger partial charge in [-0.3, -0.25) is 9.48 Å². The first-order chi connectivity index (χ1) is 11.1. The van der Waals surface area contributed by atoms with Gasteiger partial charge < -0.3 is 10.0 Å². The molecule has 0 unspecified atom stereocenters. The first-order valence-corrected chi connectivity index (χ1v) is 8.90. The number of aromatic nitrogens is 2. The van der Waals surface area contributed by atoms with Crippen molar-refractivity contribution >= 4 is 17.2 Å². The highest BCUT2D eigenvalue weighted by Crippen LogP contribution is 2.30. The number of nitrogens with zero attached hydrogens (tertiary/aromatic N) is 3. The van der Waals surface area contributed by atoms with E-state index in [1.54, 1.807) is 17.5 Å². The summed E-state index contributed by atoms with van der Waals surface area (Å²) < 4.78 is 1.88. The lowest BCUT2D eigenvalue weighted by atomic mass is 9.93. The zero-order valence-corrected chi connectivity index (χ0v) is 14.5. The van der Waals surface area contributed by atoms with Crippen molar-refractivity contribution < 1.29 is 9.90 Å². The molecule has 3 rings (SSSR count). The average Bonchev–Trinajstić information content (AvgIpc) is 3.13. The summed E-state index contributed by atoms with van der Waals surface area (Å²) in [5.41, 5.74) is 2.03. The van der Waals surface area contributed by atoms with E-state index < -0.39 is 0 Å². The van der Waals surface area contributed by atoms with E-state index in [9.17, 15) is 4.79 Å². The minimum atomic E-state index is 0.1000. The van der Waals surface area contributed by atoms with Gasteiger partial charge in [-0.25, -0.2) is 0 Å². The highest BCUT2D eigenvalue weighted by atomic mass is 32.1. The molecule has 2 aromatic rings. The van der Waals surface area contributed by atoms with Gasteiger partial charge in [-0.1, -0.05) is 0 Å². The number of aryl methyl sites for hydroxylation is 2. The van der Waals surface area contributed by atoms with E-state index in [-0.39, 0.29) is 12.5 Å². The molecule has 1 N–H and O–H groups in total. The van der Waals surface area contributed by atoms with Gasteiger partial charge in [0, 0.05) is 40.7 Å². The number of rotatable bonds is 4. The fraction of sp³-hybridized carbons (Fsp3) is 0.529. The van der Waals surface area contributed by atoms with Crippen molar-refractivity contribution in [2.75, 3.05) is 19.7 Å². The Hall–Kier alpha value is -1.66. The predicted molar refractivity (Wildman–Crippen MR) is 91.0 cm³/mol. The van der Waals surface area contributed by atoms with Crippen molar-refractivity contribution in [3.63, 3.8) is 0 Å². The first-order valence-electron chi connectivity index (χ1n) is 8.09. The van der Waals surface area contributed by atoms with E-state index in [0.717, 1.165) is 36.4 Å². The first kappa shape index (κ1) is 16.2. The zero-order valence-electron chi connectivity index (χ0n) is 13.7. The second-order valence-corrected chi connectivity index (χ2v) is 7.56. The molecule has 3 heterocycles. The van der Waals surface area contributed by atoms with Gasteiger partial charge in [-0.15, -0.1) is 11.3 Å². The van der Waals surface area contributed by atoms with E-state index in [2.05, 4.69) is 5.10 Å². The topological polar surface area (TPSA) is 58.4 Å². The Morgan fingerprint density at radius 2 is 2.13 bits per heavy atom. The lowest BCUT2D eigenvalue weighted by molar-refractivity contribution is 0.0711. The molecule has 2 aromatic heterocycles. The summed E-state index contributed by atoms with van der Waals surface area (Å²) in [6, 6.07) is 4.04. The van der Waals surface area contributed by atoms with Crippen LogP contribution in [0.5, 0.6) is 0 Å². The lowest BCUT2D eigenvalue weighted by Crippen LogP contribution is -2.38. The SMILES string of the molecule is Cc1cc(C(=O)N2CCC(c3ccnn3CCO)CC2)c(C)s1. The Morgan fingerprint density at radius 3 is 2.74 bits per heavy atom. The molecule has 1 saturated heterocycles. The molecule has 23 heavy (non-hydrogen) atoms. The number of aliphatic hydroxyl groups is 1. The summed E-state index contributed by atoms with van der Waals surface area (Å²) in [6.07, 6.45) is 3.69. The molecule has 1 aliphatic heterocycles. The van der Waals surface area contributed by atoms with Crippen LogP contribution in [0.15, 0.2) is 18.3 Å². The molecule has 0 aliphatic carbocycles. The summed E-state index contributed by atoms with van der Waals surface area (Å²) in [6.45, 7) is 6.26. The third-order valence-electron chi connectivity index (χ3n) is 4.53. The number of carbonyl (C=O) groups excluding carboxylic acids is 1. The van der Waals surface area contributed by atoms with Gasteiger partial charge in [0.25, 0.3) is 5.91 Å². The Morgan fingerprint density at radius 1 is 1.39 bits per heavy atom. The molecule has 0 aromatic carbocycles. The molecular formula is C17H23N3O2S. The van der Waals surface area contributed by atoms with E-state index in [0.29, 0.717) is 12.5 Å². The van der Waals surface area contributed by atoms with Gasteiger partial charge in [0.1, 0.15) is 0 Å². The third kappa shape index (κ3) is 3.33. The van der Waals surface area contributed by atoms with Crippen molar-refractivity contribution in [1.82, 2.24) is 14.7 Å². The minimum Gasteiger partial charge on any atom is -0.394 e. The number of thiophene rings is 1. The summed E-state index contributed by atoms with van der Waals surface area (Å²) in [7, 11) is 0. The number of amides is 1. The molecule has 6 heteroatoms. The molecule has 0 saturated carbocycles. The Bertz CT molecular complexity index is 684. The van der Waals surface area contributed by atoms with Crippen LogP contribution < -0.4 is 0 Å². The maximum atomic E-state index is 12.7. The maximum absolute atomic E-state index is 12.7. The molecular weight excluding hydrogens is 310 g/mol. The fourth-order valence-electron chi connectivity index (χ4n) is 3.36. The van der Waals surface area contributed by atoms with Crippen molar-refractivity contribution in [3.8, 4) is 0 Å². The van der Waals surface area contributed by atoms with Crippen LogP contribution in [-0.2, 0) is 6.54 Å². The lowest BCUT2D eigenvalue weighted by Gasteiger charge is -2.32. The molecule has 124 valence electrons. The van der Waals surface area contributed by atoms with Crippen LogP contribution in [0, 0.1) is 13.8 Å². The minimum absolute atomic E-state index is 0.1000. The normalized spacial score (nSPS) is 16.0. The van der Waals surface area contributed by atoms with E-state index in [4.69, 9.17) is 5.11 Å². The van der Waals surface area contributed by atoms with Crippen molar-refractivity contribution in [1.29, 1.82) is 0 Å². The molecule has 0 atom stereocenters. The van der Waals surface area contributed by atoms with Gasteiger partial charge in [-0.2, -0.15) is 5.10 Å². The van der Waals surface area contributed by atoms with Gasteiger partial charge in [0.2, 0.25) is 0 Å². The number of hydrogen-bond donors (Lipinski definition) is 1. The Kier molecular flexibility index (Phi) is 4.82. The average molecular weight is 333 g/mol. The monoisotopic (exact) mass is 333 g/mol. The summed E-state index contributed by atoms with van der Waals surface area (Å²) in [5, 5.41) is 13.4. The van der Waals surface area contributed by atoms with Crippen molar-refractivity contribution in [3.05, 3.63) is 39.3 Å². The molecule has 0 spiro atoms. The quantitative estimate of drug-likeness (QED) is 0.935. The van der Waals surface area contributed by atoms with Crippen molar-refractivity contribution in [2.24, 2.45) is 0 Å². The van der Waals surface area contributed by atoms with Gasteiger partial charge in [0.05, 0.1) is 18.7 Å². The molecule has 0 radical (unpaired) electrons. The van der Waals surface area contributed by atoms with Crippen LogP contribution in [0.4, 0.5) is 0 Å². The van der Waals surface area contributed by atoms with Gasteiger partial charge in [0.15, 0.2) is 0 Å². The van der Waals surface area contributed by atoms with Gasteiger partial charge >= 0.3 is 0 Å². The van der Waals surface area contributed by atoms with Crippen LogP contribution in [0.3, 0.4) is 0 Å². The smallest absolute Gasteiger partial charge is 0.254 e. The largest absolute Gasteiger partial charge is 0.394 e. The maximum Gasteiger partial charge on any atom is 0.254 e. The van der Waals surface area contributed by atoms with Crippen molar-refractivity contribution in [2.45, 2.75) is 39.2 Å². The van der Waals surface area contributed by atoms with Crippen LogP contribution in [0.1, 0.15) is 44.6 Å². The molecule has 1 amide bonds. The molecule has 5 nitrogen and oxygen atoms in total. The second kappa shape index (κ2) is 6.84. The number of carbonyl (C=O) groups is 1. The van der Waals surface area contributed by atoms with Crippen LogP contribution in [-0.4, -0.2) is 45.4 Å². The standard InChI is InChI=1S/C17H23N3O2S/c1-12-11-15(13(2)23-12)17(22)19-7-4-14(5-8-19)16-3-6-18-20(16)9-10-21/h3,6,11,14,21H,4-5,7-10H2,1-2H3. The van der Waals surface area contributed by atoms with Gasteiger partial charge in [-0.05, 0) is 38.8 Å². The van der Waals surface area contributed by atoms with Crippen LogP contribution in [0.2, 0.25) is 0 Å². The Labute approximate surface area is 140 Å². The summed E-state index contributed by atoms with van der Waals surface area (Å²) in [5.74, 6) is 0.576.